The number of amides is 1. The number of anilines is 1. The van der Waals surface area contributed by atoms with Crippen LogP contribution in [0.4, 0.5) is 5.69 Å². The van der Waals surface area contributed by atoms with E-state index >= 15 is 0 Å². The van der Waals surface area contributed by atoms with Crippen molar-refractivity contribution in [3.63, 3.8) is 0 Å². The third kappa shape index (κ3) is 4.42. The van der Waals surface area contributed by atoms with Crippen molar-refractivity contribution in [1.29, 1.82) is 0 Å². The van der Waals surface area contributed by atoms with Crippen molar-refractivity contribution in [3.8, 4) is 0 Å². The number of hydrogen-bond donors (Lipinski definition) is 1. The highest BCUT2D eigenvalue weighted by Gasteiger charge is 2.30. The van der Waals surface area contributed by atoms with E-state index in [4.69, 9.17) is 16.4 Å². The van der Waals surface area contributed by atoms with Crippen molar-refractivity contribution in [3.05, 3.63) is 80.5 Å². The average molecular weight is 488 g/mol. The number of halogens is 2. The molecule has 0 saturated heterocycles. The molecule has 6 nitrogen and oxygen atoms in total. The van der Waals surface area contributed by atoms with Gasteiger partial charge in [-0.1, -0.05) is 57.0 Å². The van der Waals surface area contributed by atoms with Crippen LogP contribution in [0.15, 0.2) is 58.2 Å². The first-order chi connectivity index (χ1) is 14.4. The van der Waals surface area contributed by atoms with Crippen molar-refractivity contribution < 1.29 is 9.63 Å². The van der Waals surface area contributed by atoms with Crippen molar-refractivity contribution in [2.45, 2.75) is 32.9 Å². The van der Waals surface area contributed by atoms with E-state index in [1.54, 1.807) is 0 Å². The zero-order valence-corrected chi connectivity index (χ0v) is 18.9. The second kappa shape index (κ2) is 8.62. The number of nitrogens with one attached hydrogen (secondary N) is 1. The summed E-state index contributed by atoms with van der Waals surface area (Å²) in [6.45, 7) is 4.40. The van der Waals surface area contributed by atoms with E-state index in [9.17, 15) is 4.79 Å². The smallest absolute Gasteiger partial charge is 0.268 e. The minimum atomic E-state index is -0.669. The van der Waals surface area contributed by atoms with Crippen LogP contribution in [0.2, 0.25) is 5.02 Å². The Kier molecular flexibility index (Phi) is 5.92. The van der Waals surface area contributed by atoms with Crippen LogP contribution < -0.4 is 5.32 Å². The van der Waals surface area contributed by atoms with Crippen molar-refractivity contribution in [2.75, 3.05) is 5.32 Å². The fourth-order valence-electron chi connectivity index (χ4n) is 3.35. The molecular formula is C22H20BrClN4O2. The van der Waals surface area contributed by atoms with Gasteiger partial charge in [-0.05, 0) is 43.7 Å². The zero-order valence-electron chi connectivity index (χ0n) is 16.5. The lowest BCUT2D eigenvalue weighted by Gasteiger charge is -2.10. The molecule has 1 aliphatic rings. The fraction of sp³-hybridized carbons (Fsp3) is 0.227. The summed E-state index contributed by atoms with van der Waals surface area (Å²) in [4.78, 5) is 18.2. The van der Waals surface area contributed by atoms with E-state index in [1.165, 1.54) is 0 Å². The maximum atomic E-state index is 12.8. The van der Waals surface area contributed by atoms with Crippen LogP contribution in [0.5, 0.6) is 0 Å². The number of aromatic nitrogens is 2. The molecular weight excluding hydrogens is 468 g/mol. The quantitative estimate of drug-likeness (QED) is 0.545. The molecule has 1 N–H and O–H groups in total. The first kappa shape index (κ1) is 20.6. The van der Waals surface area contributed by atoms with Crippen molar-refractivity contribution >= 4 is 44.8 Å². The second-order valence-electron chi connectivity index (χ2n) is 7.17. The van der Waals surface area contributed by atoms with Crippen LogP contribution in [-0.4, -0.2) is 27.5 Å². The molecule has 8 heteroatoms. The molecule has 154 valence electrons. The lowest BCUT2D eigenvalue weighted by Crippen LogP contribution is -2.28. The largest absolute Gasteiger partial charge is 0.382 e. The molecule has 0 radical (unpaired) electrons. The third-order valence-corrected chi connectivity index (χ3v) is 5.74. The number of aryl methyl sites for hydroxylation is 1. The SMILES string of the molecule is Cc1nn(Cc2ccc(Cl)cc2)c(C)c1NC(=O)[C@@H]1CC(c2cccc(Br)c2)=NO1. The predicted octanol–water partition coefficient (Wildman–Crippen LogP) is 5.10. The lowest BCUT2D eigenvalue weighted by molar-refractivity contribution is -0.125. The molecule has 0 bridgehead atoms. The van der Waals surface area contributed by atoms with Gasteiger partial charge in [-0.15, -0.1) is 0 Å². The molecule has 0 aliphatic carbocycles. The first-order valence-electron chi connectivity index (χ1n) is 9.48. The summed E-state index contributed by atoms with van der Waals surface area (Å²) in [7, 11) is 0. The van der Waals surface area contributed by atoms with E-state index in [0.717, 1.165) is 32.7 Å². The summed E-state index contributed by atoms with van der Waals surface area (Å²) in [6.07, 6.45) is -0.253. The van der Waals surface area contributed by atoms with Crippen molar-refractivity contribution in [1.82, 2.24) is 9.78 Å². The normalized spacial score (nSPS) is 15.6. The molecule has 0 unspecified atom stereocenters. The molecule has 1 aromatic heterocycles. The maximum Gasteiger partial charge on any atom is 0.268 e. The number of benzene rings is 2. The highest BCUT2D eigenvalue weighted by atomic mass is 79.9. The minimum absolute atomic E-state index is 0.235. The van der Waals surface area contributed by atoms with E-state index in [1.807, 2.05) is 67.1 Å². The molecule has 3 aromatic rings. The van der Waals surface area contributed by atoms with E-state index in [-0.39, 0.29) is 5.91 Å². The Labute approximate surface area is 188 Å². The van der Waals surface area contributed by atoms with E-state index in [0.29, 0.717) is 23.7 Å². The lowest BCUT2D eigenvalue weighted by atomic mass is 10.0. The molecule has 0 saturated carbocycles. The van der Waals surface area contributed by atoms with Gasteiger partial charge < -0.3 is 10.2 Å². The van der Waals surface area contributed by atoms with E-state index < -0.39 is 6.10 Å². The van der Waals surface area contributed by atoms with Gasteiger partial charge in [-0.25, -0.2) is 0 Å². The molecule has 1 amide bonds. The Bertz CT molecular complexity index is 1120. The number of carbonyl (C=O) groups is 1. The topological polar surface area (TPSA) is 68.5 Å². The van der Waals surface area contributed by atoms with Gasteiger partial charge in [-0.3, -0.25) is 9.48 Å². The fourth-order valence-corrected chi connectivity index (χ4v) is 3.88. The van der Waals surface area contributed by atoms with Gasteiger partial charge >= 0.3 is 0 Å². The summed E-state index contributed by atoms with van der Waals surface area (Å²) in [6, 6.07) is 15.4. The van der Waals surface area contributed by atoms with Gasteiger partial charge in [0.25, 0.3) is 5.91 Å². The number of nitrogens with zero attached hydrogens (tertiary/aromatic N) is 3. The summed E-state index contributed by atoms with van der Waals surface area (Å²) in [5.74, 6) is -0.235. The highest BCUT2D eigenvalue weighted by molar-refractivity contribution is 9.10. The summed E-state index contributed by atoms with van der Waals surface area (Å²) >= 11 is 9.41. The molecule has 2 heterocycles. The van der Waals surface area contributed by atoms with Crippen LogP contribution in [-0.2, 0) is 16.2 Å². The summed E-state index contributed by atoms with van der Waals surface area (Å²) in [5.41, 5.74) is 5.09. The monoisotopic (exact) mass is 486 g/mol. The van der Waals surface area contributed by atoms with Gasteiger partial charge in [0, 0.05) is 21.5 Å². The van der Waals surface area contributed by atoms with Gasteiger partial charge in [0.15, 0.2) is 0 Å². The summed E-state index contributed by atoms with van der Waals surface area (Å²) in [5, 5.41) is 12.3. The summed E-state index contributed by atoms with van der Waals surface area (Å²) < 4.78 is 2.82. The van der Waals surface area contributed by atoms with Crippen molar-refractivity contribution in [2.24, 2.45) is 5.16 Å². The predicted molar refractivity (Wildman–Crippen MR) is 121 cm³/mol. The number of hydrogen-bond acceptors (Lipinski definition) is 4. The molecule has 30 heavy (non-hydrogen) atoms. The average Bonchev–Trinajstić information content (AvgIpc) is 3.31. The molecule has 1 atom stereocenters. The number of oxime groups is 1. The van der Waals surface area contributed by atoms with Crippen LogP contribution >= 0.6 is 27.5 Å². The number of carbonyl (C=O) groups excluding carboxylic acids is 1. The second-order valence-corrected chi connectivity index (χ2v) is 8.52. The first-order valence-corrected chi connectivity index (χ1v) is 10.7. The Morgan fingerprint density at radius 3 is 2.77 bits per heavy atom. The van der Waals surface area contributed by atoms with Gasteiger partial charge in [-0.2, -0.15) is 5.10 Å². The molecule has 1 aliphatic heterocycles. The highest BCUT2D eigenvalue weighted by Crippen LogP contribution is 2.24. The Morgan fingerprint density at radius 1 is 1.27 bits per heavy atom. The van der Waals surface area contributed by atoms with Crippen LogP contribution in [0, 0.1) is 13.8 Å². The maximum absolute atomic E-state index is 12.8. The Balaban J connectivity index is 1.44. The standard InChI is InChI=1S/C22H20BrClN4O2/c1-13-21(14(2)28(26-13)12-15-6-8-18(24)9-7-15)25-22(29)20-11-19(27-30-20)16-4-3-5-17(23)10-16/h3-10,20H,11-12H2,1-2H3,(H,25,29)/t20-/m0/s1. The number of rotatable bonds is 5. The Hall–Kier alpha value is -2.64. The molecule has 2 aromatic carbocycles. The van der Waals surface area contributed by atoms with Crippen LogP contribution in [0.1, 0.15) is 28.9 Å². The van der Waals surface area contributed by atoms with Crippen LogP contribution in [0.3, 0.4) is 0 Å². The van der Waals surface area contributed by atoms with Gasteiger partial charge in [0.2, 0.25) is 6.10 Å². The molecule has 0 spiro atoms. The Morgan fingerprint density at radius 2 is 2.03 bits per heavy atom. The minimum Gasteiger partial charge on any atom is -0.382 e. The third-order valence-electron chi connectivity index (χ3n) is 4.99. The molecule has 0 fully saturated rings. The van der Waals surface area contributed by atoms with Gasteiger partial charge in [0.1, 0.15) is 0 Å². The van der Waals surface area contributed by atoms with Crippen LogP contribution in [0.25, 0.3) is 0 Å². The van der Waals surface area contributed by atoms with Gasteiger partial charge in [0.05, 0.1) is 29.3 Å². The van der Waals surface area contributed by atoms with E-state index in [2.05, 4.69) is 31.5 Å². The zero-order chi connectivity index (χ0) is 21.3. The molecule has 4 rings (SSSR count).